The van der Waals surface area contributed by atoms with Crippen LogP contribution in [0.25, 0.3) is 0 Å². The molecule has 2 aromatic rings. The zero-order valence-corrected chi connectivity index (χ0v) is 12.8. The number of nitrogen functional groups attached to an aromatic ring is 1. The fourth-order valence-electron chi connectivity index (χ4n) is 1.71. The summed E-state index contributed by atoms with van der Waals surface area (Å²) in [6.45, 7) is -0.259. The number of amides is 1. The number of hydrogen-bond acceptors (Lipinski definition) is 4. The molecule has 5 nitrogen and oxygen atoms in total. The molecule has 3 N–H and O–H groups in total. The van der Waals surface area contributed by atoms with Crippen molar-refractivity contribution in [1.82, 2.24) is 0 Å². The largest absolute Gasteiger partial charge is 0.483 e. The number of anilines is 2. The van der Waals surface area contributed by atoms with Gasteiger partial charge in [-0.3, -0.25) is 9.59 Å². The molecule has 2 aromatic carbocycles. The van der Waals surface area contributed by atoms with Gasteiger partial charge < -0.3 is 15.8 Å². The second-order valence-corrected chi connectivity index (χ2v) is 5.16. The Balaban J connectivity index is 2.00. The molecule has 0 aromatic heterocycles. The molecule has 114 valence electrons. The summed E-state index contributed by atoms with van der Waals surface area (Å²) >= 11 is 11.8. The number of nitrogens with two attached hydrogens (primary N) is 1. The van der Waals surface area contributed by atoms with Crippen molar-refractivity contribution in [3.05, 3.63) is 52.0 Å². The van der Waals surface area contributed by atoms with E-state index in [2.05, 4.69) is 5.32 Å². The summed E-state index contributed by atoms with van der Waals surface area (Å²) in [5, 5.41) is 3.07. The lowest BCUT2D eigenvalue weighted by molar-refractivity contribution is -0.118. The second kappa shape index (κ2) is 7.15. The van der Waals surface area contributed by atoms with Gasteiger partial charge in [0.25, 0.3) is 5.91 Å². The van der Waals surface area contributed by atoms with E-state index in [9.17, 15) is 9.59 Å². The molecule has 0 aliphatic carbocycles. The van der Waals surface area contributed by atoms with E-state index >= 15 is 0 Å². The quantitative estimate of drug-likeness (QED) is 0.646. The molecule has 0 bridgehead atoms. The Kier molecular flexibility index (Phi) is 5.25. The maximum Gasteiger partial charge on any atom is 0.262 e. The molecule has 0 aliphatic rings. The highest BCUT2D eigenvalue weighted by atomic mass is 35.5. The molecular formula is C15H12Cl2N2O3. The summed E-state index contributed by atoms with van der Waals surface area (Å²) in [5.74, 6) is -0.0846. The number of carbonyl (C=O) groups excluding carboxylic acids is 2. The Hall–Kier alpha value is -2.24. The molecule has 7 heteroatoms. The molecule has 22 heavy (non-hydrogen) atoms. The Bertz CT molecular complexity index is 697. The molecule has 0 heterocycles. The third-order valence-electron chi connectivity index (χ3n) is 2.77. The first-order chi connectivity index (χ1) is 10.5. The Morgan fingerprint density at radius 2 is 1.86 bits per heavy atom. The van der Waals surface area contributed by atoms with Gasteiger partial charge in [-0.25, -0.2) is 0 Å². The van der Waals surface area contributed by atoms with Crippen molar-refractivity contribution >= 4 is 46.8 Å². The van der Waals surface area contributed by atoms with Gasteiger partial charge in [-0.2, -0.15) is 0 Å². The monoisotopic (exact) mass is 338 g/mol. The predicted molar refractivity (Wildman–Crippen MR) is 86.8 cm³/mol. The van der Waals surface area contributed by atoms with Crippen LogP contribution in [0.15, 0.2) is 36.4 Å². The van der Waals surface area contributed by atoms with E-state index in [1.807, 2.05) is 0 Å². The lowest BCUT2D eigenvalue weighted by Crippen LogP contribution is -2.20. The second-order valence-electron chi connectivity index (χ2n) is 4.35. The van der Waals surface area contributed by atoms with Crippen molar-refractivity contribution in [3.8, 4) is 5.75 Å². The number of para-hydroxylation sites is 1. The van der Waals surface area contributed by atoms with E-state index in [-0.39, 0.29) is 22.3 Å². The third kappa shape index (κ3) is 3.90. The van der Waals surface area contributed by atoms with Crippen molar-refractivity contribution < 1.29 is 14.3 Å². The molecule has 0 saturated carbocycles. The minimum absolute atomic E-state index is 0.245. The molecule has 0 radical (unpaired) electrons. The lowest BCUT2D eigenvalue weighted by atomic mass is 10.2. The molecule has 0 atom stereocenters. The predicted octanol–water partition coefficient (Wildman–Crippen LogP) is 3.41. The summed E-state index contributed by atoms with van der Waals surface area (Å²) in [4.78, 5) is 22.7. The number of benzene rings is 2. The first-order valence-electron chi connectivity index (χ1n) is 6.22. The molecule has 2 rings (SSSR count). The Morgan fingerprint density at radius 3 is 2.50 bits per heavy atom. The summed E-state index contributed by atoms with van der Waals surface area (Å²) in [5.41, 5.74) is 6.63. The van der Waals surface area contributed by atoms with E-state index in [0.717, 1.165) is 0 Å². The maximum absolute atomic E-state index is 11.9. The molecule has 0 fully saturated rings. The van der Waals surface area contributed by atoms with E-state index < -0.39 is 5.91 Å². The standard InChI is InChI=1S/C15H12Cl2N2O3/c16-11-5-10(6-12(17)15(11)18)19-14(21)8-22-13-4-2-1-3-9(13)7-20/h1-7H,8,18H2,(H,19,21). The topological polar surface area (TPSA) is 81.4 Å². The molecule has 0 spiro atoms. The van der Waals surface area contributed by atoms with Crippen molar-refractivity contribution in [2.24, 2.45) is 0 Å². The van der Waals surface area contributed by atoms with Gasteiger partial charge in [0, 0.05) is 5.69 Å². The van der Waals surface area contributed by atoms with Gasteiger partial charge in [0.05, 0.1) is 21.3 Å². The average molecular weight is 339 g/mol. The van der Waals surface area contributed by atoms with Crippen molar-refractivity contribution in [1.29, 1.82) is 0 Å². The third-order valence-corrected chi connectivity index (χ3v) is 3.39. The number of nitrogens with one attached hydrogen (secondary N) is 1. The number of hydrogen-bond donors (Lipinski definition) is 2. The van der Waals surface area contributed by atoms with Crippen molar-refractivity contribution in [2.45, 2.75) is 0 Å². The zero-order chi connectivity index (χ0) is 16.1. The first kappa shape index (κ1) is 16.1. The van der Waals surface area contributed by atoms with Gasteiger partial charge >= 0.3 is 0 Å². The minimum atomic E-state index is -0.419. The van der Waals surface area contributed by atoms with Gasteiger partial charge in [0.15, 0.2) is 12.9 Å². The fourth-order valence-corrected chi connectivity index (χ4v) is 2.19. The van der Waals surface area contributed by atoms with Crippen LogP contribution in [-0.4, -0.2) is 18.8 Å². The summed E-state index contributed by atoms with van der Waals surface area (Å²) in [6, 6.07) is 9.59. The highest BCUT2D eigenvalue weighted by molar-refractivity contribution is 6.39. The average Bonchev–Trinajstić information content (AvgIpc) is 2.50. The number of carbonyl (C=O) groups is 2. The van der Waals surface area contributed by atoms with Crippen LogP contribution in [-0.2, 0) is 4.79 Å². The number of aldehydes is 1. The lowest BCUT2D eigenvalue weighted by Gasteiger charge is -2.10. The highest BCUT2D eigenvalue weighted by Crippen LogP contribution is 2.31. The summed E-state index contributed by atoms with van der Waals surface area (Å²) in [7, 11) is 0. The first-order valence-corrected chi connectivity index (χ1v) is 6.98. The van der Waals surface area contributed by atoms with Crippen molar-refractivity contribution in [2.75, 3.05) is 17.7 Å². The van der Waals surface area contributed by atoms with Gasteiger partial charge in [-0.1, -0.05) is 35.3 Å². The highest BCUT2D eigenvalue weighted by Gasteiger charge is 2.09. The van der Waals surface area contributed by atoms with Crippen LogP contribution in [0.5, 0.6) is 5.75 Å². The molecule has 0 saturated heterocycles. The number of ether oxygens (including phenoxy) is 1. The van der Waals surface area contributed by atoms with Crippen LogP contribution in [0.1, 0.15) is 10.4 Å². The SMILES string of the molecule is Nc1c(Cl)cc(NC(=O)COc2ccccc2C=O)cc1Cl. The molecular weight excluding hydrogens is 327 g/mol. The Morgan fingerprint density at radius 1 is 1.23 bits per heavy atom. The van der Waals surface area contributed by atoms with Crippen LogP contribution in [0.2, 0.25) is 10.0 Å². The van der Waals surface area contributed by atoms with Crippen LogP contribution in [0.3, 0.4) is 0 Å². The van der Waals surface area contributed by atoms with Gasteiger partial charge in [0.1, 0.15) is 5.75 Å². The Labute approximate surface area is 137 Å². The smallest absolute Gasteiger partial charge is 0.262 e. The van der Waals surface area contributed by atoms with Gasteiger partial charge in [-0.05, 0) is 24.3 Å². The maximum atomic E-state index is 11.9. The van der Waals surface area contributed by atoms with Gasteiger partial charge in [0.2, 0.25) is 0 Å². The molecule has 1 amide bonds. The van der Waals surface area contributed by atoms with Crippen LogP contribution in [0.4, 0.5) is 11.4 Å². The normalized spacial score (nSPS) is 10.1. The number of rotatable bonds is 5. The van der Waals surface area contributed by atoms with E-state index in [0.29, 0.717) is 23.3 Å². The van der Waals surface area contributed by atoms with Gasteiger partial charge in [-0.15, -0.1) is 0 Å². The zero-order valence-electron chi connectivity index (χ0n) is 11.3. The van der Waals surface area contributed by atoms with Crippen LogP contribution < -0.4 is 15.8 Å². The van der Waals surface area contributed by atoms with E-state index in [4.69, 9.17) is 33.7 Å². The van der Waals surface area contributed by atoms with Crippen LogP contribution >= 0.6 is 23.2 Å². The fraction of sp³-hybridized carbons (Fsp3) is 0.0667. The minimum Gasteiger partial charge on any atom is -0.483 e. The summed E-state index contributed by atoms with van der Waals surface area (Å²) < 4.78 is 5.31. The van der Waals surface area contributed by atoms with E-state index in [1.54, 1.807) is 24.3 Å². The summed E-state index contributed by atoms with van der Waals surface area (Å²) in [6.07, 6.45) is 0.659. The van der Waals surface area contributed by atoms with Crippen molar-refractivity contribution in [3.63, 3.8) is 0 Å². The molecule has 0 unspecified atom stereocenters. The van der Waals surface area contributed by atoms with Crippen LogP contribution in [0, 0.1) is 0 Å². The molecule has 0 aliphatic heterocycles. The number of halogens is 2. The van der Waals surface area contributed by atoms with E-state index in [1.165, 1.54) is 12.1 Å².